The molecule has 0 saturated heterocycles. The highest BCUT2D eigenvalue weighted by Crippen LogP contribution is 2.42. The van der Waals surface area contributed by atoms with E-state index in [1.807, 2.05) is 41.7 Å². The molecule has 2 heterocycles. The predicted octanol–water partition coefficient (Wildman–Crippen LogP) is 12.1. The summed E-state index contributed by atoms with van der Waals surface area (Å²) in [5.74, 6) is 0.648. The standard InChI is InChI=1S/C45H31N3S/c1-46-45(32-15-6-3-7-16-32)47-29-30-23-26-41(39(27-30)31-13-4-2-5-14-31)48-40-21-10-8-17-35(40)36-25-24-33(28-42(36)48)34-19-12-20-38-37-18-9-11-22-43(37)49-44(34)38/h2-28H,1,29H2/b47-45-. The van der Waals surface area contributed by atoms with Crippen LogP contribution in [0.1, 0.15) is 11.1 Å². The number of benzene rings is 7. The number of aliphatic imine (C=N–C) groups is 2. The summed E-state index contributed by atoms with van der Waals surface area (Å²) < 4.78 is 5.08. The third-order valence-electron chi connectivity index (χ3n) is 9.37. The van der Waals surface area contributed by atoms with Crippen molar-refractivity contribution < 1.29 is 0 Å². The fourth-order valence-electron chi connectivity index (χ4n) is 7.08. The first-order chi connectivity index (χ1) is 24.3. The molecule has 7 aromatic carbocycles. The number of hydrogen-bond acceptors (Lipinski definition) is 2. The number of nitrogens with zero attached hydrogens (tertiary/aromatic N) is 3. The Balaban J connectivity index is 1.24. The van der Waals surface area contributed by atoms with Gasteiger partial charge >= 0.3 is 0 Å². The van der Waals surface area contributed by atoms with Gasteiger partial charge in [0.05, 0.1) is 23.3 Å². The van der Waals surface area contributed by atoms with E-state index in [0.29, 0.717) is 12.4 Å². The van der Waals surface area contributed by atoms with Crippen LogP contribution in [0.25, 0.3) is 69.9 Å². The summed E-state index contributed by atoms with van der Waals surface area (Å²) in [4.78, 5) is 9.12. The van der Waals surface area contributed by atoms with Crippen molar-refractivity contribution in [3.05, 3.63) is 175 Å². The van der Waals surface area contributed by atoms with Crippen LogP contribution in [0.15, 0.2) is 174 Å². The predicted molar refractivity (Wildman–Crippen MR) is 211 cm³/mol. The molecule has 0 unspecified atom stereocenters. The zero-order chi connectivity index (χ0) is 32.7. The van der Waals surface area contributed by atoms with Gasteiger partial charge in [0.25, 0.3) is 0 Å². The van der Waals surface area contributed by atoms with Crippen molar-refractivity contribution in [2.24, 2.45) is 9.98 Å². The molecule has 9 rings (SSSR count). The van der Waals surface area contributed by atoms with Crippen LogP contribution in [0.3, 0.4) is 0 Å². The summed E-state index contributed by atoms with van der Waals surface area (Å²) in [6.45, 7) is 4.29. The van der Waals surface area contributed by atoms with Crippen molar-refractivity contribution in [1.82, 2.24) is 4.57 Å². The molecule has 9 aromatic rings. The van der Waals surface area contributed by atoms with E-state index in [1.165, 1.54) is 53.1 Å². The molecule has 0 aliphatic carbocycles. The van der Waals surface area contributed by atoms with E-state index in [9.17, 15) is 0 Å². The van der Waals surface area contributed by atoms with Crippen LogP contribution in [0, 0.1) is 0 Å². The SMILES string of the molecule is C=N/C(=N\Cc1ccc(-n2c3ccccc3c3ccc(-c4cccc5c4sc4ccccc45)cc32)c(-c2ccccc2)c1)c1ccccc1. The number of para-hydroxylation sites is 1. The second-order valence-corrected chi connectivity index (χ2v) is 13.3. The monoisotopic (exact) mass is 645 g/mol. The summed E-state index contributed by atoms with van der Waals surface area (Å²) in [5, 5.41) is 5.10. The maximum atomic E-state index is 4.88. The van der Waals surface area contributed by atoms with Gasteiger partial charge in [0.15, 0.2) is 5.84 Å². The van der Waals surface area contributed by atoms with Gasteiger partial charge in [-0.1, -0.05) is 133 Å². The third kappa shape index (κ3) is 5.05. The first-order valence-corrected chi connectivity index (χ1v) is 17.3. The van der Waals surface area contributed by atoms with Crippen molar-refractivity contribution in [1.29, 1.82) is 0 Å². The maximum absolute atomic E-state index is 4.88. The second kappa shape index (κ2) is 12.2. The number of fused-ring (bicyclic) bond motifs is 6. The lowest BCUT2D eigenvalue weighted by Crippen LogP contribution is -2.00. The van der Waals surface area contributed by atoms with Gasteiger partial charge in [0.1, 0.15) is 0 Å². The van der Waals surface area contributed by atoms with E-state index in [1.54, 1.807) is 0 Å². The molecule has 0 aliphatic heterocycles. The molecular formula is C45H31N3S. The number of thiophene rings is 1. The molecule has 3 nitrogen and oxygen atoms in total. The van der Waals surface area contributed by atoms with Gasteiger partial charge in [0.2, 0.25) is 0 Å². The zero-order valence-electron chi connectivity index (χ0n) is 26.8. The lowest BCUT2D eigenvalue weighted by atomic mass is 9.99. The fourth-order valence-corrected chi connectivity index (χ4v) is 8.32. The van der Waals surface area contributed by atoms with Crippen molar-refractivity contribution >= 4 is 65.9 Å². The minimum Gasteiger partial charge on any atom is -0.309 e. The molecule has 4 heteroatoms. The molecule has 0 spiro atoms. The van der Waals surface area contributed by atoms with Gasteiger partial charge in [-0.3, -0.25) is 4.99 Å². The molecule has 0 aliphatic rings. The summed E-state index contributed by atoms with van der Waals surface area (Å²) in [6.07, 6.45) is 0. The van der Waals surface area contributed by atoms with E-state index in [4.69, 9.17) is 4.99 Å². The Morgan fingerprint density at radius 1 is 0.551 bits per heavy atom. The molecule has 232 valence electrons. The van der Waals surface area contributed by atoms with Crippen molar-refractivity contribution in [2.45, 2.75) is 6.54 Å². The van der Waals surface area contributed by atoms with Gasteiger partial charge in [-0.05, 0) is 59.3 Å². The van der Waals surface area contributed by atoms with Crippen LogP contribution >= 0.6 is 11.3 Å². The van der Waals surface area contributed by atoms with Crippen LogP contribution in [0.2, 0.25) is 0 Å². The quantitative estimate of drug-likeness (QED) is 0.127. The van der Waals surface area contributed by atoms with Gasteiger partial charge in [-0.25, -0.2) is 4.99 Å². The normalized spacial score (nSPS) is 12.0. The summed E-state index contributed by atoms with van der Waals surface area (Å²) in [6, 6.07) is 58.5. The van der Waals surface area contributed by atoms with Crippen LogP contribution in [0.4, 0.5) is 0 Å². The van der Waals surface area contributed by atoms with Gasteiger partial charge in [-0.2, -0.15) is 0 Å². The molecule has 0 radical (unpaired) electrons. The summed E-state index contributed by atoms with van der Waals surface area (Å²) in [5.41, 5.74) is 10.4. The molecule has 0 N–H and O–H groups in total. The Labute approximate surface area is 288 Å². The number of rotatable bonds is 6. The molecule has 0 amide bonds. The van der Waals surface area contributed by atoms with Crippen LogP contribution in [-0.4, -0.2) is 17.1 Å². The smallest absolute Gasteiger partial charge is 0.154 e. The Bertz CT molecular complexity index is 2700. The second-order valence-electron chi connectivity index (χ2n) is 12.2. The Morgan fingerprint density at radius 2 is 1.27 bits per heavy atom. The summed E-state index contributed by atoms with van der Waals surface area (Å²) in [7, 11) is 0. The first kappa shape index (κ1) is 29.1. The van der Waals surface area contributed by atoms with E-state index in [0.717, 1.165) is 27.9 Å². The van der Waals surface area contributed by atoms with Gasteiger partial charge < -0.3 is 4.57 Å². The lowest BCUT2D eigenvalue weighted by molar-refractivity contribution is 1.06. The minimum absolute atomic E-state index is 0.500. The highest BCUT2D eigenvalue weighted by molar-refractivity contribution is 7.26. The zero-order valence-corrected chi connectivity index (χ0v) is 27.6. The highest BCUT2D eigenvalue weighted by atomic mass is 32.1. The van der Waals surface area contributed by atoms with Gasteiger partial charge in [-0.15, -0.1) is 11.3 Å². The average Bonchev–Trinajstić information content (AvgIpc) is 3.71. The average molecular weight is 646 g/mol. The van der Waals surface area contributed by atoms with E-state index < -0.39 is 0 Å². The van der Waals surface area contributed by atoms with Crippen molar-refractivity contribution in [3.8, 4) is 27.9 Å². The Kier molecular flexibility index (Phi) is 7.22. The third-order valence-corrected chi connectivity index (χ3v) is 10.6. The van der Waals surface area contributed by atoms with Crippen LogP contribution in [-0.2, 0) is 6.54 Å². The molecule has 0 atom stereocenters. The number of aromatic nitrogens is 1. The van der Waals surface area contributed by atoms with E-state index in [-0.39, 0.29) is 0 Å². The maximum Gasteiger partial charge on any atom is 0.154 e. The molecule has 0 bridgehead atoms. The Hall–Kier alpha value is -6.10. The van der Waals surface area contributed by atoms with E-state index >= 15 is 0 Å². The largest absolute Gasteiger partial charge is 0.309 e. The molecule has 49 heavy (non-hydrogen) atoms. The van der Waals surface area contributed by atoms with Crippen molar-refractivity contribution in [2.75, 3.05) is 0 Å². The molecule has 0 fully saturated rings. The molecular weight excluding hydrogens is 615 g/mol. The summed E-state index contributed by atoms with van der Waals surface area (Å²) >= 11 is 1.87. The fraction of sp³-hybridized carbons (Fsp3) is 0.0222. The number of hydrogen-bond donors (Lipinski definition) is 0. The highest BCUT2D eigenvalue weighted by Gasteiger charge is 2.18. The van der Waals surface area contributed by atoms with Crippen molar-refractivity contribution in [3.63, 3.8) is 0 Å². The topological polar surface area (TPSA) is 29.6 Å². The Morgan fingerprint density at radius 3 is 2.10 bits per heavy atom. The van der Waals surface area contributed by atoms with Gasteiger partial charge in [0, 0.05) is 42.1 Å². The molecule has 0 saturated carbocycles. The first-order valence-electron chi connectivity index (χ1n) is 16.5. The lowest BCUT2D eigenvalue weighted by Gasteiger charge is -2.16. The minimum atomic E-state index is 0.500. The van der Waals surface area contributed by atoms with Crippen LogP contribution in [0.5, 0.6) is 0 Å². The van der Waals surface area contributed by atoms with Crippen LogP contribution < -0.4 is 0 Å². The molecule has 2 aromatic heterocycles. The van der Waals surface area contributed by atoms with E-state index in [2.05, 4.69) is 150 Å². The number of amidine groups is 1.